The van der Waals surface area contributed by atoms with Crippen LogP contribution in [-0.4, -0.2) is 24.9 Å². The van der Waals surface area contributed by atoms with Gasteiger partial charge >= 0.3 is 0 Å². The Morgan fingerprint density at radius 3 is 1.46 bits per heavy atom. The predicted molar refractivity (Wildman–Crippen MR) is 212 cm³/mol. The van der Waals surface area contributed by atoms with Gasteiger partial charge in [0, 0.05) is 46.4 Å². The molecule has 0 bridgehead atoms. The number of hydrogen-bond donors (Lipinski definition) is 0. The molecule has 3 heterocycles. The molecule has 0 unspecified atom stereocenters. The second kappa shape index (κ2) is 12.3. The van der Waals surface area contributed by atoms with Crippen molar-refractivity contribution in [3.63, 3.8) is 0 Å². The van der Waals surface area contributed by atoms with Crippen molar-refractivity contribution in [2.45, 2.75) is 0 Å². The number of pyridine rings is 2. The Labute approximate surface area is 300 Å². The highest BCUT2D eigenvalue weighted by atomic mass is 15.0. The van der Waals surface area contributed by atoms with Gasteiger partial charge in [-0.15, -0.1) is 0 Å². The molecule has 5 heteroatoms. The molecule has 10 aromatic rings. The summed E-state index contributed by atoms with van der Waals surface area (Å²) in [6.07, 6.45) is 5.56. The standard InChI is InChI=1S/C47H29N5/c1-3-7-30(8-4-1)31-11-13-36(14-12-31)46-50-45(35-9-5-2-6-10-35)51-47(52-46)41-23-18-34-16-21-39-38(20-15-33-17-22-40(41)44(34)43(33)39)37-19-24-42(49-29-37)32-25-27-48-28-26-32/h1-29H. The van der Waals surface area contributed by atoms with Gasteiger partial charge in [0.15, 0.2) is 17.5 Å². The fourth-order valence-corrected chi connectivity index (χ4v) is 7.28. The SMILES string of the molecule is c1ccc(-c2ccc(-c3nc(-c4ccccc4)nc(-c4ccc5ccc6c(-c7ccc(-c8ccncc8)nc7)ccc7ccc4c5c76)n3)cc2)cc1. The van der Waals surface area contributed by atoms with Crippen molar-refractivity contribution in [2.75, 3.05) is 0 Å². The molecule has 0 aliphatic heterocycles. The Bertz CT molecular complexity index is 2860. The zero-order chi connectivity index (χ0) is 34.4. The average molecular weight is 664 g/mol. The summed E-state index contributed by atoms with van der Waals surface area (Å²) in [6, 6.07) is 54.8. The smallest absolute Gasteiger partial charge is 0.164 e. The first-order chi connectivity index (χ1) is 25.8. The second-order valence-corrected chi connectivity index (χ2v) is 12.9. The van der Waals surface area contributed by atoms with Crippen molar-refractivity contribution in [3.8, 4) is 67.7 Å². The Hall–Kier alpha value is -7.11. The molecule has 0 saturated carbocycles. The Morgan fingerprint density at radius 2 is 0.827 bits per heavy atom. The Kier molecular flexibility index (Phi) is 7.07. The topological polar surface area (TPSA) is 64.5 Å². The van der Waals surface area contributed by atoms with Gasteiger partial charge < -0.3 is 0 Å². The number of nitrogens with zero attached hydrogens (tertiary/aromatic N) is 5. The molecule has 0 spiro atoms. The first kappa shape index (κ1) is 29.8. The molecular weight excluding hydrogens is 635 g/mol. The van der Waals surface area contributed by atoms with Crippen molar-refractivity contribution < 1.29 is 0 Å². The van der Waals surface area contributed by atoms with Gasteiger partial charge in [0.1, 0.15) is 0 Å². The number of benzene rings is 7. The lowest BCUT2D eigenvalue weighted by Gasteiger charge is -2.16. The summed E-state index contributed by atoms with van der Waals surface area (Å²) in [7, 11) is 0. The summed E-state index contributed by atoms with van der Waals surface area (Å²) in [5.41, 5.74) is 9.36. The van der Waals surface area contributed by atoms with Crippen LogP contribution in [0.4, 0.5) is 0 Å². The molecule has 0 saturated heterocycles. The molecule has 0 atom stereocenters. The van der Waals surface area contributed by atoms with Crippen LogP contribution in [0.2, 0.25) is 0 Å². The molecule has 10 rings (SSSR count). The van der Waals surface area contributed by atoms with E-state index in [-0.39, 0.29) is 0 Å². The minimum Gasteiger partial charge on any atom is -0.265 e. The van der Waals surface area contributed by atoms with Gasteiger partial charge in [0.25, 0.3) is 0 Å². The first-order valence-electron chi connectivity index (χ1n) is 17.3. The maximum absolute atomic E-state index is 5.15. The zero-order valence-corrected chi connectivity index (χ0v) is 28.0. The van der Waals surface area contributed by atoms with Gasteiger partial charge in [0.2, 0.25) is 0 Å². The molecule has 0 fully saturated rings. The van der Waals surface area contributed by atoms with Gasteiger partial charge in [-0.05, 0) is 73.3 Å². The van der Waals surface area contributed by atoms with Crippen molar-refractivity contribution in [2.24, 2.45) is 0 Å². The monoisotopic (exact) mass is 663 g/mol. The molecule has 0 aliphatic rings. The van der Waals surface area contributed by atoms with Gasteiger partial charge in [-0.2, -0.15) is 0 Å². The summed E-state index contributed by atoms with van der Waals surface area (Å²) < 4.78 is 0. The van der Waals surface area contributed by atoms with Crippen molar-refractivity contribution in [1.29, 1.82) is 0 Å². The van der Waals surface area contributed by atoms with E-state index in [0.29, 0.717) is 17.5 Å². The predicted octanol–water partition coefficient (Wildman–Crippen LogP) is 11.6. The number of aromatic nitrogens is 5. The normalized spacial score (nSPS) is 11.5. The van der Waals surface area contributed by atoms with Crippen LogP contribution in [0.25, 0.3) is 100.0 Å². The van der Waals surface area contributed by atoms with Gasteiger partial charge in [-0.1, -0.05) is 133 Å². The van der Waals surface area contributed by atoms with Crippen LogP contribution in [0.3, 0.4) is 0 Å². The van der Waals surface area contributed by atoms with Crippen LogP contribution in [0.15, 0.2) is 176 Å². The molecular formula is C47H29N5. The maximum atomic E-state index is 5.15. The fraction of sp³-hybridized carbons (Fsp3) is 0. The third-order valence-corrected chi connectivity index (χ3v) is 9.87. The van der Waals surface area contributed by atoms with Crippen LogP contribution in [0, 0.1) is 0 Å². The van der Waals surface area contributed by atoms with Crippen LogP contribution in [0.1, 0.15) is 0 Å². The van der Waals surface area contributed by atoms with E-state index in [1.165, 1.54) is 32.5 Å². The third-order valence-electron chi connectivity index (χ3n) is 9.87. The van der Waals surface area contributed by atoms with E-state index in [2.05, 4.69) is 114 Å². The lowest BCUT2D eigenvalue weighted by atomic mass is 9.88. The van der Waals surface area contributed by atoms with Gasteiger partial charge in [0.05, 0.1) is 5.69 Å². The molecule has 0 amide bonds. The molecule has 0 N–H and O–H groups in total. The van der Waals surface area contributed by atoms with Gasteiger partial charge in [-0.25, -0.2) is 15.0 Å². The highest BCUT2D eigenvalue weighted by molar-refractivity contribution is 6.27. The molecule has 5 nitrogen and oxygen atoms in total. The molecule has 3 aromatic heterocycles. The summed E-state index contributed by atoms with van der Waals surface area (Å²) in [5, 5.41) is 7.08. The zero-order valence-electron chi connectivity index (χ0n) is 28.0. The number of hydrogen-bond acceptors (Lipinski definition) is 5. The molecule has 0 radical (unpaired) electrons. The van der Waals surface area contributed by atoms with Gasteiger partial charge in [-0.3, -0.25) is 9.97 Å². The quantitative estimate of drug-likeness (QED) is 0.166. The van der Waals surface area contributed by atoms with Crippen molar-refractivity contribution >= 4 is 32.3 Å². The van der Waals surface area contributed by atoms with E-state index in [0.717, 1.165) is 50.0 Å². The fourth-order valence-electron chi connectivity index (χ4n) is 7.28. The van der Waals surface area contributed by atoms with E-state index < -0.39 is 0 Å². The summed E-state index contributed by atoms with van der Waals surface area (Å²) in [5.74, 6) is 1.92. The Balaban J connectivity index is 1.13. The van der Waals surface area contributed by atoms with Crippen LogP contribution >= 0.6 is 0 Å². The minimum atomic E-state index is 0.638. The molecule has 0 aliphatic carbocycles. The lowest BCUT2D eigenvalue weighted by Crippen LogP contribution is -2.01. The third kappa shape index (κ3) is 5.15. The van der Waals surface area contributed by atoms with Crippen LogP contribution in [0.5, 0.6) is 0 Å². The van der Waals surface area contributed by atoms with Crippen molar-refractivity contribution in [1.82, 2.24) is 24.9 Å². The minimum absolute atomic E-state index is 0.638. The summed E-state index contributed by atoms with van der Waals surface area (Å²) >= 11 is 0. The summed E-state index contributed by atoms with van der Waals surface area (Å²) in [4.78, 5) is 24.2. The van der Waals surface area contributed by atoms with Crippen LogP contribution in [-0.2, 0) is 0 Å². The largest absolute Gasteiger partial charge is 0.265 e. The highest BCUT2D eigenvalue weighted by Gasteiger charge is 2.18. The Morgan fingerprint density at radius 1 is 0.327 bits per heavy atom. The van der Waals surface area contributed by atoms with E-state index in [1.807, 2.05) is 54.7 Å². The second-order valence-electron chi connectivity index (χ2n) is 12.9. The first-order valence-corrected chi connectivity index (χ1v) is 17.3. The number of rotatable bonds is 6. The molecule has 52 heavy (non-hydrogen) atoms. The van der Waals surface area contributed by atoms with Crippen molar-refractivity contribution in [3.05, 3.63) is 176 Å². The maximum Gasteiger partial charge on any atom is 0.164 e. The van der Waals surface area contributed by atoms with Crippen LogP contribution < -0.4 is 0 Å². The summed E-state index contributed by atoms with van der Waals surface area (Å²) in [6.45, 7) is 0. The van der Waals surface area contributed by atoms with E-state index in [9.17, 15) is 0 Å². The average Bonchev–Trinajstić information content (AvgIpc) is 3.23. The lowest BCUT2D eigenvalue weighted by molar-refractivity contribution is 1.08. The van der Waals surface area contributed by atoms with E-state index in [4.69, 9.17) is 19.9 Å². The highest BCUT2D eigenvalue weighted by Crippen LogP contribution is 2.42. The molecule has 7 aromatic carbocycles. The molecule has 242 valence electrons. The van der Waals surface area contributed by atoms with E-state index in [1.54, 1.807) is 12.4 Å². The van der Waals surface area contributed by atoms with E-state index >= 15 is 0 Å².